The van der Waals surface area contributed by atoms with Gasteiger partial charge in [-0.15, -0.1) is 0 Å². The molecule has 0 spiro atoms. The van der Waals surface area contributed by atoms with E-state index >= 15 is 0 Å². The average molecular weight is 355 g/mol. The van der Waals surface area contributed by atoms with Crippen LogP contribution in [0.4, 0.5) is 10.5 Å². The molecule has 6 heteroatoms. The molecule has 0 bridgehead atoms. The van der Waals surface area contributed by atoms with Gasteiger partial charge in [-0.3, -0.25) is 4.79 Å². The van der Waals surface area contributed by atoms with Gasteiger partial charge in [-0.2, -0.15) is 0 Å². The molecule has 0 radical (unpaired) electrons. The van der Waals surface area contributed by atoms with E-state index in [0.29, 0.717) is 6.54 Å². The van der Waals surface area contributed by atoms with Gasteiger partial charge in [0.1, 0.15) is 0 Å². The van der Waals surface area contributed by atoms with Gasteiger partial charge in [0.25, 0.3) is 0 Å². The van der Waals surface area contributed by atoms with E-state index in [0.717, 1.165) is 22.1 Å². The van der Waals surface area contributed by atoms with Crippen LogP contribution in [0.15, 0.2) is 22.7 Å². The molecule has 1 heterocycles. The first kappa shape index (κ1) is 15.8. The van der Waals surface area contributed by atoms with Crippen LogP contribution in [0.1, 0.15) is 19.4 Å². The predicted octanol–water partition coefficient (Wildman–Crippen LogP) is 3.20. The Kier molecular flexibility index (Phi) is 4.88. The zero-order valence-electron chi connectivity index (χ0n) is 12.1. The number of hydrogen-bond donors (Lipinski definition) is 2. The molecule has 5 nitrogen and oxygen atoms in total. The van der Waals surface area contributed by atoms with E-state index in [4.69, 9.17) is 5.11 Å². The van der Waals surface area contributed by atoms with Crippen LogP contribution in [0.5, 0.6) is 0 Å². The topological polar surface area (TPSA) is 69.6 Å². The number of carboxylic acid groups (broad SMARTS) is 1. The molecule has 0 aliphatic carbocycles. The molecule has 114 valence electrons. The Balaban J connectivity index is 2.07. The van der Waals surface area contributed by atoms with E-state index in [9.17, 15) is 9.59 Å². The summed E-state index contributed by atoms with van der Waals surface area (Å²) in [6.45, 7) is 4.63. The number of anilines is 1. The van der Waals surface area contributed by atoms with Gasteiger partial charge in [0.15, 0.2) is 0 Å². The largest absolute Gasteiger partial charge is 0.481 e. The molecule has 2 amide bonds. The van der Waals surface area contributed by atoms with E-state index in [1.165, 1.54) is 0 Å². The lowest BCUT2D eigenvalue weighted by Crippen LogP contribution is -2.34. The number of nitrogens with zero attached hydrogens (tertiary/aromatic N) is 1. The Morgan fingerprint density at radius 2 is 2.14 bits per heavy atom. The first-order valence-corrected chi connectivity index (χ1v) is 7.78. The van der Waals surface area contributed by atoms with Crippen LogP contribution in [-0.2, 0) is 11.2 Å². The zero-order valence-corrected chi connectivity index (χ0v) is 13.7. The summed E-state index contributed by atoms with van der Waals surface area (Å²) in [5.74, 6) is -1.34. The van der Waals surface area contributed by atoms with E-state index in [-0.39, 0.29) is 18.5 Å². The highest BCUT2D eigenvalue weighted by molar-refractivity contribution is 9.10. The maximum absolute atomic E-state index is 12.3. The first-order chi connectivity index (χ1) is 9.92. The molecule has 21 heavy (non-hydrogen) atoms. The summed E-state index contributed by atoms with van der Waals surface area (Å²) in [4.78, 5) is 25.0. The van der Waals surface area contributed by atoms with Crippen molar-refractivity contribution in [3.63, 3.8) is 0 Å². The number of rotatable bonds is 3. The summed E-state index contributed by atoms with van der Waals surface area (Å²) in [7, 11) is 0. The van der Waals surface area contributed by atoms with Crippen LogP contribution >= 0.6 is 15.9 Å². The minimum atomic E-state index is -0.837. The van der Waals surface area contributed by atoms with Crippen LogP contribution < -0.4 is 5.32 Å². The number of hydrogen-bond acceptors (Lipinski definition) is 2. The molecule has 0 unspecified atom stereocenters. The van der Waals surface area contributed by atoms with Crippen LogP contribution in [0.3, 0.4) is 0 Å². The van der Waals surface area contributed by atoms with E-state index < -0.39 is 11.9 Å². The van der Waals surface area contributed by atoms with Gasteiger partial charge in [-0.25, -0.2) is 4.79 Å². The maximum Gasteiger partial charge on any atom is 0.321 e. The number of carboxylic acids is 1. The van der Waals surface area contributed by atoms with Crippen molar-refractivity contribution in [2.45, 2.75) is 20.3 Å². The molecule has 1 aliphatic rings. The number of nitrogens with one attached hydrogen (secondary N) is 1. The fourth-order valence-corrected chi connectivity index (χ4v) is 3.03. The van der Waals surface area contributed by atoms with Crippen molar-refractivity contribution in [2.75, 3.05) is 18.4 Å². The summed E-state index contributed by atoms with van der Waals surface area (Å²) in [5, 5.41) is 12.0. The van der Waals surface area contributed by atoms with Crippen LogP contribution in [-0.4, -0.2) is 35.1 Å². The molecule has 0 aromatic heterocycles. The van der Waals surface area contributed by atoms with E-state index in [1.54, 1.807) is 4.90 Å². The highest BCUT2D eigenvalue weighted by Crippen LogP contribution is 2.25. The number of carbonyl (C=O) groups excluding carboxylic acids is 1. The second-order valence-electron chi connectivity index (χ2n) is 5.41. The monoisotopic (exact) mass is 354 g/mol. The van der Waals surface area contributed by atoms with Gasteiger partial charge in [0.05, 0.1) is 5.92 Å². The van der Waals surface area contributed by atoms with Crippen molar-refractivity contribution in [1.29, 1.82) is 0 Å². The minimum Gasteiger partial charge on any atom is -0.481 e. The Morgan fingerprint density at radius 1 is 1.43 bits per heavy atom. The molecule has 1 aliphatic heterocycles. The molecular formula is C15H19BrN2O3. The fourth-order valence-electron chi connectivity index (χ4n) is 2.63. The summed E-state index contributed by atoms with van der Waals surface area (Å²) in [6.07, 6.45) is 0.809. The summed E-state index contributed by atoms with van der Waals surface area (Å²) < 4.78 is 0.970. The quantitative estimate of drug-likeness (QED) is 0.875. The second-order valence-corrected chi connectivity index (χ2v) is 6.33. The van der Waals surface area contributed by atoms with Crippen molar-refractivity contribution < 1.29 is 14.7 Å². The van der Waals surface area contributed by atoms with Crippen LogP contribution in [0.2, 0.25) is 0 Å². The number of aliphatic carboxylic acids is 1. The summed E-state index contributed by atoms with van der Waals surface area (Å²) >= 11 is 3.41. The average Bonchev–Trinajstić information content (AvgIpc) is 2.83. The molecule has 1 saturated heterocycles. The predicted molar refractivity (Wildman–Crippen MR) is 84.4 cm³/mol. The Hall–Kier alpha value is -1.56. The SMILES string of the molecule is CCc1cc(Br)ccc1NC(=O)N1C[C@@H](C)[C@H](C(=O)O)C1. The van der Waals surface area contributed by atoms with Crippen molar-refractivity contribution in [2.24, 2.45) is 11.8 Å². The molecule has 2 atom stereocenters. The third kappa shape index (κ3) is 3.56. The molecule has 2 N–H and O–H groups in total. The molecule has 0 saturated carbocycles. The number of aryl methyl sites for hydroxylation is 1. The van der Waals surface area contributed by atoms with Crippen LogP contribution in [0, 0.1) is 11.8 Å². The van der Waals surface area contributed by atoms with Gasteiger partial charge >= 0.3 is 12.0 Å². The highest BCUT2D eigenvalue weighted by Gasteiger charge is 2.37. The summed E-state index contributed by atoms with van der Waals surface area (Å²) in [5.41, 5.74) is 1.82. The third-order valence-electron chi connectivity index (χ3n) is 3.91. The number of likely N-dealkylation sites (tertiary alicyclic amines) is 1. The van der Waals surface area contributed by atoms with Crippen LogP contribution in [0.25, 0.3) is 0 Å². The van der Waals surface area contributed by atoms with Gasteiger partial charge in [-0.1, -0.05) is 29.8 Å². The highest BCUT2D eigenvalue weighted by atomic mass is 79.9. The number of urea groups is 1. The second kappa shape index (κ2) is 6.47. The summed E-state index contributed by atoms with van der Waals surface area (Å²) in [6, 6.07) is 5.47. The van der Waals surface area contributed by atoms with Crippen molar-refractivity contribution in [3.8, 4) is 0 Å². The van der Waals surface area contributed by atoms with Gasteiger partial charge in [0.2, 0.25) is 0 Å². The minimum absolute atomic E-state index is 0.0242. The van der Waals surface area contributed by atoms with Crippen molar-refractivity contribution in [3.05, 3.63) is 28.2 Å². The first-order valence-electron chi connectivity index (χ1n) is 6.99. The number of amides is 2. The number of halogens is 1. The van der Waals surface area contributed by atoms with Gasteiger partial charge in [0, 0.05) is 23.2 Å². The molecule has 2 rings (SSSR count). The van der Waals surface area contributed by atoms with Gasteiger partial charge in [-0.05, 0) is 36.1 Å². The fraction of sp³-hybridized carbons (Fsp3) is 0.467. The van der Waals surface area contributed by atoms with E-state index in [2.05, 4.69) is 21.2 Å². The molecule has 1 aromatic carbocycles. The standard InChI is InChI=1S/C15H19BrN2O3/c1-3-10-6-11(16)4-5-13(10)17-15(21)18-7-9(2)12(8-18)14(19)20/h4-6,9,12H,3,7-8H2,1-2H3,(H,17,21)(H,19,20)/t9-,12-/m1/s1. The Bertz CT molecular complexity index is 562. The molecular weight excluding hydrogens is 336 g/mol. The lowest BCUT2D eigenvalue weighted by molar-refractivity contribution is -0.142. The lowest BCUT2D eigenvalue weighted by atomic mass is 9.99. The van der Waals surface area contributed by atoms with Crippen molar-refractivity contribution >= 4 is 33.6 Å². The van der Waals surface area contributed by atoms with E-state index in [1.807, 2.05) is 32.0 Å². The Labute approximate surface area is 132 Å². The molecule has 1 aromatic rings. The maximum atomic E-state index is 12.3. The Morgan fingerprint density at radius 3 is 2.71 bits per heavy atom. The lowest BCUT2D eigenvalue weighted by Gasteiger charge is -2.18. The smallest absolute Gasteiger partial charge is 0.321 e. The van der Waals surface area contributed by atoms with Gasteiger partial charge < -0.3 is 15.3 Å². The zero-order chi connectivity index (χ0) is 15.6. The molecule has 1 fully saturated rings. The number of carbonyl (C=O) groups is 2. The third-order valence-corrected chi connectivity index (χ3v) is 4.40. The van der Waals surface area contributed by atoms with Crippen molar-refractivity contribution in [1.82, 2.24) is 4.90 Å². The normalized spacial score (nSPS) is 21.4. The number of benzene rings is 1.